The second-order valence-electron chi connectivity index (χ2n) is 3.88. The molecule has 1 N–H and O–H groups in total. The fourth-order valence-corrected chi connectivity index (χ4v) is 1.88. The van der Waals surface area contributed by atoms with Crippen LogP contribution >= 0.6 is 0 Å². The molecule has 0 radical (unpaired) electrons. The highest BCUT2D eigenvalue weighted by Crippen LogP contribution is 2.32. The SMILES string of the molecule is CCCCC1CC(C(=O)O)C(C(F)F)O1. The number of carboxylic acids is 1. The van der Waals surface area contributed by atoms with Crippen LogP contribution in [0.5, 0.6) is 0 Å². The average Bonchev–Trinajstić information content (AvgIpc) is 2.58. The number of rotatable bonds is 5. The smallest absolute Gasteiger partial charge is 0.309 e. The maximum absolute atomic E-state index is 12.5. The van der Waals surface area contributed by atoms with E-state index in [2.05, 4.69) is 0 Å². The molecule has 88 valence electrons. The van der Waals surface area contributed by atoms with Crippen molar-refractivity contribution in [2.45, 2.75) is 51.2 Å². The Balaban J connectivity index is 2.53. The van der Waals surface area contributed by atoms with Crippen molar-refractivity contribution < 1.29 is 23.4 Å². The maximum atomic E-state index is 12.5. The summed E-state index contributed by atoms with van der Waals surface area (Å²) in [6.07, 6.45) is -1.73. The van der Waals surface area contributed by atoms with Crippen LogP contribution in [0.2, 0.25) is 0 Å². The highest BCUT2D eigenvalue weighted by molar-refractivity contribution is 5.71. The number of ether oxygens (including phenoxy) is 1. The molecule has 0 aromatic rings. The summed E-state index contributed by atoms with van der Waals surface area (Å²) in [5.41, 5.74) is 0. The summed E-state index contributed by atoms with van der Waals surface area (Å²) < 4.78 is 30.0. The van der Waals surface area contributed by atoms with E-state index in [1.54, 1.807) is 0 Å². The molecule has 0 amide bonds. The lowest BCUT2D eigenvalue weighted by Gasteiger charge is -2.14. The first-order valence-corrected chi connectivity index (χ1v) is 5.22. The Labute approximate surface area is 87.4 Å². The van der Waals surface area contributed by atoms with E-state index >= 15 is 0 Å². The molecule has 1 saturated heterocycles. The van der Waals surface area contributed by atoms with Gasteiger partial charge in [0.25, 0.3) is 6.43 Å². The number of unbranched alkanes of at least 4 members (excludes halogenated alkanes) is 1. The number of alkyl halides is 2. The Kier molecular flexibility index (Phi) is 4.45. The number of hydrogen-bond donors (Lipinski definition) is 1. The molecule has 0 saturated carbocycles. The van der Waals surface area contributed by atoms with Gasteiger partial charge < -0.3 is 9.84 Å². The first-order valence-electron chi connectivity index (χ1n) is 5.22. The average molecular weight is 222 g/mol. The van der Waals surface area contributed by atoms with Crippen LogP contribution in [0, 0.1) is 5.92 Å². The largest absolute Gasteiger partial charge is 0.481 e. The first-order chi connectivity index (χ1) is 7.06. The molecule has 0 spiro atoms. The van der Waals surface area contributed by atoms with Crippen LogP contribution in [0.4, 0.5) is 8.78 Å². The number of carboxylic acid groups (broad SMARTS) is 1. The molecule has 3 unspecified atom stereocenters. The van der Waals surface area contributed by atoms with E-state index in [-0.39, 0.29) is 12.5 Å². The summed E-state index contributed by atoms with van der Waals surface area (Å²) in [5, 5.41) is 8.76. The van der Waals surface area contributed by atoms with Crippen molar-refractivity contribution in [3.8, 4) is 0 Å². The van der Waals surface area contributed by atoms with Gasteiger partial charge in [0.05, 0.1) is 12.0 Å². The Hall–Kier alpha value is -0.710. The van der Waals surface area contributed by atoms with Gasteiger partial charge in [-0.15, -0.1) is 0 Å². The second-order valence-corrected chi connectivity index (χ2v) is 3.88. The van der Waals surface area contributed by atoms with E-state index in [4.69, 9.17) is 9.84 Å². The molecule has 15 heavy (non-hydrogen) atoms. The van der Waals surface area contributed by atoms with Crippen LogP contribution in [0.3, 0.4) is 0 Å². The molecule has 0 aliphatic carbocycles. The molecule has 3 atom stereocenters. The number of aliphatic carboxylic acids is 1. The molecular formula is C10H16F2O3. The van der Waals surface area contributed by atoms with Gasteiger partial charge in [0.15, 0.2) is 0 Å². The van der Waals surface area contributed by atoms with E-state index in [1.165, 1.54) is 0 Å². The van der Waals surface area contributed by atoms with Crippen molar-refractivity contribution in [1.29, 1.82) is 0 Å². The molecule has 1 fully saturated rings. The third-order valence-electron chi connectivity index (χ3n) is 2.71. The van der Waals surface area contributed by atoms with Crippen LogP contribution in [-0.2, 0) is 9.53 Å². The van der Waals surface area contributed by atoms with Crippen molar-refractivity contribution in [2.24, 2.45) is 5.92 Å². The molecule has 1 aliphatic rings. The zero-order valence-electron chi connectivity index (χ0n) is 8.66. The Morgan fingerprint density at radius 1 is 1.60 bits per heavy atom. The Morgan fingerprint density at radius 3 is 2.67 bits per heavy atom. The van der Waals surface area contributed by atoms with Crippen molar-refractivity contribution in [1.82, 2.24) is 0 Å². The number of hydrogen-bond acceptors (Lipinski definition) is 2. The fraction of sp³-hybridized carbons (Fsp3) is 0.900. The van der Waals surface area contributed by atoms with Gasteiger partial charge in [-0.25, -0.2) is 8.78 Å². The lowest BCUT2D eigenvalue weighted by Crippen LogP contribution is -2.30. The highest BCUT2D eigenvalue weighted by Gasteiger charge is 2.44. The topological polar surface area (TPSA) is 46.5 Å². The van der Waals surface area contributed by atoms with E-state index in [0.29, 0.717) is 6.42 Å². The van der Waals surface area contributed by atoms with Crippen molar-refractivity contribution >= 4 is 5.97 Å². The van der Waals surface area contributed by atoms with E-state index < -0.39 is 24.4 Å². The van der Waals surface area contributed by atoms with Gasteiger partial charge in [-0.1, -0.05) is 19.8 Å². The zero-order chi connectivity index (χ0) is 11.4. The quantitative estimate of drug-likeness (QED) is 0.776. The molecule has 3 nitrogen and oxygen atoms in total. The van der Waals surface area contributed by atoms with Crippen LogP contribution in [-0.4, -0.2) is 29.7 Å². The van der Waals surface area contributed by atoms with Gasteiger partial charge in [0, 0.05) is 0 Å². The van der Waals surface area contributed by atoms with Crippen LogP contribution in [0.1, 0.15) is 32.6 Å². The summed E-state index contributed by atoms with van der Waals surface area (Å²) in [6, 6.07) is 0. The lowest BCUT2D eigenvalue weighted by atomic mass is 9.98. The van der Waals surface area contributed by atoms with Crippen LogP contribution in [0.25, 0.3) is 0 Å². The standard InChI is InChI=1S/C10H16F2O3/c1-2-3-4-6-5-7(10(13)14)8(15-6)9(11)12/h6-9H,2-5H2,1H3,(H,13,14). The van der Waals surface area contributed by atoms with Gasteiger partial charge in [-0.3, -0.25) is 4.79 Å². The molecule has 0 bridgehead atoms. The van der Waals surface area contributed by atoms with Crippen molar-refractivity contribution in [3.63, 3.8) is 0 Å². The van der Waals surface area contributed by atoms with Crippen LogP contribution in [0.15, 0.2) is 0 Å². The normalized spacial score (nSPS) is 31.1. The van der Waals surface area contributed by atoms with E-state index in [0.717, 1.165) is 12.8 Å². The predicted molar refractivity (Wildman–Crippen MR) is 49.9 cm³/mol. The molecular weight excluding hydrogens is 206 g/mol. The molecule has 1 rings (SSSR count). The lowest BCUT2D eigenvalue weighted by molar-refractivity contribution is -0.147. The van der Waals surface area contributed by atoms with Gasteiger partial charge >= 0.3 is 5.97 Å². The highest BCUT2D eigenvalue weighted by atomic mass is 19.3. The third-order valence-corrected chi connectivity index (χ3v) is 2.71. The summed E-state index contributed by atoms with van der Waals surface area (Å²) in [4.78, 5) is 10.7. The predicted octanol–water partition coefficient (Wildman–Crippen LogP) is 2.30. The first kappa shape index (κ1) is 12.4. The molecule has 1 heterocycles. The minimum absolute atomic E-state index is 0.213. The third kappa shape index (κ3) is 3.12. The number of halogens is 2. The summed E-state index contributed by atoms with van der Waals surface area (Å²) in [5.74, 6) is -2.23. The van der Waals surface area contributed by atoms with Gasteiger partial charge in [0.1, 0.15) is 6.10 Å². The monoisotopic (exact) mass is 222 g/mol. The van der Waals surface area contributed by atoms with E-state index in [9.17, 15) is 13.6 Å². The second kappa shape index (κ2) is 5.39. The molecule has 0 aromatic heterocycles. The van der Waals surface area contributed by atoms with Crippen molar-refractivity contribution in [2.75, 3.05) is 0 Å². The Bertz CT molecular complexity index is 221. The zero-order valence-corrected chi connectivity index (χ0v) is 8.66. The van der Waals surface area contributed by atoms with Gasteiger partial charge in [0.2, 0.25) is 0 Å². The van der Waals surface area contributed by atoms with Gasteiger partial charge in [-0.2, -0.15) is 0 Å². The fourth-order valence-electron chi connectivity index (χ4n) is 1.88. The minimum Gasteiger partial charge on any atom is -0.481 e. The molecule has 5 heteroatoms. The summed E-state index contributed by atoms with van der Waals surface area (Å²) in [6.45, 7) is 1.99. The summed E-state index contributed by atoms with van der Waals surface area (Å²) in [7, 11) is 0. The number of carbonyl (C=O) groups is 1. The minimum atomic E-state index is -2.71. The molecule has 0 aromatic carbocycles. The van der Waals surface area contributed by atoms with E-state index in [1.807, 2.05) is 6.92 Å². The molecule has 1 aliphatic heterocycles. The van der Waals surface area contributed by atoms with Crippen molar-refractivity contribution in [3.05, 3.63) is 0 Å². The summed E-state index contributed by atoms with van der Waals surface area (Å²) >= 11 is 0. The van der Waals surface area contributed by atoms with Crippen LogP contribution < -0.4 is 0 Å². The Morgan fingerprint density at radius 2 is 2.27 bits per heavy atom. The maximum Gasteiger partial charge on any atom is 0.309 e. The van der Waals surface area contributed by atoms with Gasteiger partial charge in [-0.05, 0) is 12.8 Å².